The van der Waals surface area contributed by atoms with Crippen LogP contribution in [-0.4, -0.2) is 36.5 Å². The second-order valence-electron chi connectivity index (χ2n) is 6.22. The van der Waals surface area contributed by atoms with E-state index in [2.05, 4.69) is 24.1 Å². The molecule has 2 rings (SSSR count). The van der Waals surface area contributed by atoms with Gasteiger partial charge in [0, 0.05) is 32.1 Å². The van der Waals surface area contributed by atoms with Gasteiger partial charge < -0.3 is 10.2 Å². The molecule has 1 N–H and O–H groups in total. The Morgan fingerprint density at radius 1 is 1.33 bits per heavy atom. The molecule has 1 aliphatic carbocycles. The molecule has 2 aliphatic rings. The summed E-state index contributed by atoms with van der Waals surface area (Å²) in [7, 11) is 0. The summed E-state index contributed by atoms with van der Waals surface area (Å²) >= 11 is 0. The summed E-state index contributed by atoms with van der Waals surface area (Å²) in [5.41, 5.74) is 0. The predicted octanol–water partition coefficient (Wildman–Crippen LogP) is 2.41. The van der Waals surface area contributed by atoms with Crippen LogP contribution in [0.3, 0.4) is 0 Å². The lowest BCUT2D eigenvalue weighted by atomic mass is 9.79. The molecule has 1 saturated carbocycles. The largest absolute Gasteiger partial charge is 0.337 e. The summed E-state index contributed by atoms with van der Waals surface area (Å²) in [6.07, 6.45) is 7.57. The lowest BCUT2D eigenvalue weighted by molar-refractivity contribution is -0.135. The molecule has 3 heteroatoms. The van der Waals surface area contributed by atoms with Crippen LogP contribution in [0.5, 0.6) is 0 Å². The maximum absolute atomic E-state index is 12.4. The van der Waals surface area contributed by atoms with Crippen LogP contribution in [0, 0.1) is 11.8 Å². The normalized spacial score (nSPS) is 28.1. The Hall–Kier alpha value is -0.570. The molecular formula is C15H28N2O. The predicted molar refractivity (Wildman–Crippen MR) is 74.4 cm³/mol. The monoisotopic (exact) mass is 252 g/mol. The molecule has 104 valence electrons. The first-order valence-corrected chi connectivity index (χ1v) is 7.68. The second-order valence-corrected chi connectivity index (χ2v) is 6.22. The van der Waals surface area contributed by atoms with Crippen molar-refractivity contribution in [3.63, 3.8) is 0 Å². The third kappa shape index (κ3) is 3.47. The van der Waals surface area contributed by atoms with Crippen molar-refractivity contribution in [3.8, 4) is 0 Å². The zero-order valence-electron chi connectivity index (χ0n) is 12.0. The SMILES string of the molecule is CC(CC(=O)N1CCNCC1C)C1CCCCC1. The minimum Gasteiger partial charge on any atom is -0.337 e. The van der Waals surface area contributed by atoms with Gasteiger partial charge in [-0.1, -0.05) is 39.0 Å². The fourth-order valence-corrected chi connectivity index (χ4v) is 3.47. The van der Waals surface area contributed by atoms with Crippen molar-refractivity contribution < 1.29 is 4.79 Å². The van der Waals surface area contributed by atoms with E-state index in [1.165, 1.54) is 32.1 Å². The van der Waals surface area contributed by atoms with Crippen molar-refractivity contribution in [2.75, 3.05) is 19.6 Å². The van der Waals surface area contributed by atoms with E-state index in [9.17, 15) is 4.79 Å². The Balaban J connectivity index is 1.81. The molecule has 1 aliphatic heterocycles. The summed E-state index contributed by atoms with van der Waals surface area (Å²) in [6.45, 7) is 7.21. The number of rotatable bonds is 3. The fourth-order valence-electron chi connectivity index (χ4n) is 3.47. The first kappa shape index (κ1) is 13.9. The van der Waals surface area contributed by atoms with Crippen LogP contribution in [0.1, 0.15) is 52.4 Å². The average Bonchev–Trinajstić information content (AvgIpc) is 2.40. The molecule has 0 aromatic rings. The fraction of sp³-hybridized carbons (Fsp3) is 0.933. The Bertz CT molecular complexity index is 274. The van der Waals surface area contributed by atoms with Crippen LogP contribution in [0.4, 0.5) is 0 Å². The van der Waals surface area contributed by atoms with Crippen molar-refractivity contribution in [1.82, 2.24) is 10.2 Å². The molecule has 1 amide bonds. The Morgan fingerprint density at radius 3 is 2.72 bits per heavy atom. The number of nitrogens with zero attached hydrogens (tertiary/aromatic N) is 1. The van der Waals surface area contributed by atoms with Crippen LogP contribution < -0.4 is 5.32 Å². The molecule has 0 spiro atoms. The molecule has 0 aromatic heterocycles. The summed E-state index contributed by atoms with van der Waals surface area (Å²) in [5, 5.41) is 3.34. The molecule has 2 atom stereocenters. The van der Waals surface area contributed by atoms with Crippen LogP contribution >= 0.6 is 0 Å². The van der Waals surface area contributed by atoms with E-state index in [4.69, 9.17) is 0 Å². The smallest absolute Gasteiger partial charge is 0.223 e. The highest BCUT2D eigenvalue weighted by molar-refractivity contribution is 5.76. The molecule has 0 radical (unpaired) electrons. The quantitative estimate of drug-likeness (QED) is 0.836. The molecule has 1 saturated heterocycles. The number of amides is 1. The molecule has 1 heterocycles. The zero-order chi connectivity index (χ0) is 13.0. The Morgan fingerprint density at radius 2 is 2.06 bits per heavy atom. The first-order valence-electron chi connectivity index (χ1n) is 7.68. The summed E-state index contributed by atoms with van der Waals surface area (Å²) in [6, 6.07) is 0.366. The molecule has 3 nitrogen and oxygen atoms in total. The van der Waals surface area contributed by atoms with E-state index < -0.39 is 0 Å². The minimum absolute atomic E-state index is 0.366. The average molecular weight is 252 g/mol. The van der Waals surface area contributed by atoms with Crippen molar-refractivity contribution in [1.29, 1.82) is 0 Å². The van der Waals surface area contributed by atoms with Gasteiger partial charge in [-0.15, -0.1) is 0 Å². The minimum atomic E-state index is 0.366. The van der Waals surface area contributed by atoms with Crippen LogP contribution in [0.25, 0.3) is 0 Å². The number of carbonyl (C=O) groups excluding carboxylic acids is 1. The van der Waals surface area contributed by atoms with Crippen LogP contribution in [-0.2, 0) is 4.79 Å². The highest BCUT2D eigenvalue weighted by Gasteiger charge is 2.27. The van der Waals surface area contributed by atoms with Crippen molar-refractivity contribution in [2.24, 2.45) is 11.8 Å². The second kappa shape index (κ2) is 6.55. The van der Waals surface area contributed by atoms with Gasteiger partial charge in [0.1, 0.15) is 0 Å². The molecule has 18 heavy (non-hydrogen) atoms. The van der Waals surface area contributed by atoms with Crippen molar-refractivity contribution >= 4 is 5.91 Å². The summed E-state index contributed by atoms with van der Waals surface area (Å²) < 4.78 is 0. The lowest BCUT2D eigenvalue weighted by Crippen LogP contribution is -2.52. The number of carbonyl (C=O) groups is 1. The van der Waals surface area contributed by atoms with E-state index in [0.717, 1.165) is 32.0 Å². The first-order chi connectivity index (χ1) is 8.68. The molecule has 2 fully saturated rings. The van der Waals surface area contributed by atoms with Gasteiger partial charge in [-0.25, -0.2) is 0 Å². The van der Waals surface area contributed by atoms with Crippen LogP contribution in [0.15, 0.2) is 0 Å². The summed E-state index contributed by atoms with van der Waals surface area (Å²) in [4.78, 5) is 14.4. The number of hydrogen-bond acceptors (Lipinski definition) is 2. The number of hydrogen-bond donors (Lipinski definition) is 1. The van der Waals surface area contributed by atoms with E-state index >= 15 is 0 Å². The maximum atomic E-state index is 12.4. The third-order valence-electron chi connectivity index (χ3n) is 4.77. The maximum Gasteiger partial charge on any atom is 0.223 e. The molecule has 0 aromatic carbocycles. The topological polar surface area (TPSA) is 32.3 Å². The highest BCUT2D eigenvalue weighted by atomic mass is 16.2. The van der Waals surface area contributed by atoms with Gasteiger partial charge in [0.25, 0.3) is 0 Å². The van der Waals surface area contributed by atoms with Crippen molar-refractivity contribution in [3.05, 3.63) is 0 Å². The van der Waals surface area contributed by atoms with Gasteiger partial charge in [-0.2, -0.15) is 0 Å². The van der Waals surface area contributed by atoms with Gasteiger partial charge >= 0.3 is 0 Å². The highest BCUT2D eigenvalue weighted by Crippen LogP contribution is 2.31. The van der Waals surface area contributed by atoms with Crippen LogP contribution in [0.2, 0.25) is 0 Å². The van der Waals surface area contributed by atoms with E-state index in [1.807, 2.05) is 0 Å². The zero-order valence-corrected chi connectivity index (χ0v) is 12.0. The third-order valence-corrected chi connectivity index (χ3v) is 4.77. The Labute approximate surface area is 111 Å². The molecule has 2 unspecified atom stereocenters. The van der Waals surface area contributed by atoms with Gasteiger partial charge in [0.15, 0.2) is 0 Å². The lowest BCUT2D eigenvalue weighted by Gasteiger charge is -2.36. The van der Waals surface area contributed by atoms with E-state index in [-0.39, 0.29) is 0 Å². The molecular weight excluding hydrogens is 224 g/mol. The number of nitrogens with one attached hydrogen (secondary N) is 1. The number of piperazine rings is 1. The van der Waals surface area contributed by atoms with Gasteiger partial charge in [-0.05, 0) is 18.8 Å². The van der Waals surface area contributed by atoms with E-state index in [1.54, 1.807) is 0 Å². The van der Waals surface area contributed by atoms with Gasteiger partial charge in [0.05, 0.1) is 0 Å². The summed E-state index contributed by atoms with van der Waals surface area (Å²) in [5.74, 6) is 1.74. The van der Waals surface area contributed by atoms with Crippen molar-refractivity contribution in [2.45, 2.75) is 58.4 Å². The van der Waals surface area contributed by atoms with Gasteiger partial charge in [0.2, 0.25) is 5.91 Å². The standard InChI is InChI=1S/C15H28N2O/c1-12(14-6-4-3-5-7-14)10-15(18)17-9-8-16-11-13(17)2/h12-14,16H,3-11H2,1-2H3. The van der Waals surface area contributed by atoms with Gasteiger partial charge in [-0.3, -0.25) is 4.79 Å². The molecule has 0 bridgehead atoms. The Kier molecular flexibility index (Phi) is 5.04. The van der Waals surface area contributed by atoms with E-state index in [0.29, 0.717) is 17.9 Å².